The number of hydrogen-bond donors (Lipinski definition) is 1. The van der Waals surface area contributed by atoms with Crippen molar-refractivity contribution in [1.82, 2.24) is 0 Å². The monoisotopic (exact) mass is 265 g/mol. The minimum atomic E-state index is 0.00968. The number of nitrogens with one attached hydrogen (secondary N) is 1. The van der Waals surface area contributed by atoms with E-state index in [1.165, 1.54) is 4.90 Å². The number of unbranched alkanes of at least 4 members (excludes halogenated alkanes) is 1. The fourth-order valence-corrected chi connectivity index (χ4v) is 1.97. The van der Waals surface area contributed by atoms with Crippen molar-refractivity contribution in [2.24, 2.45) is 0 Å². The molecule has 0 spiro atoms. The van der Waals surface area contributed by atoms with Gasteiger partial charge in [0.1, 0.15) is 5.78 Å². The Morgan fingerprint density at radius 3 is 2.28 bits per heavy atom. The first-order valence-corrected chi connectivity index (χ1v) is 7.27. The molecule has 1 rings (SSSR count). The Morgan fingerprint density at radius 1 is 1.11 bits per heavy atom. The maximum absolute atomic E-state index is 11.6. The number of thioether (sulfide) groups is 1. The van der Waals surface area contributed by atoms with E-state index in [1.807, 2.05) is 30.5 Å². The highest BCUT2D eigenvalue weighted by atomic mass is 32.2. The molecule has 0 saturated carbocycles. The first-order valence-electron chi connectivity index (χ1n) is 6.05. The van der Waals surface area contributed by atoms with E-state index in [-0.39, 0.29) is 11.7 Å². The lowest BCUT2D eigenvalue weighted by molar-refractivity contribution is -0.118. The van der Waals surface area contributed by atoms with Crippen molar-refractivity contribution >= 4 is 29.1 Å². The summed E-state index contributed by atoms with van der Waals surface area (Å²) < 4.78 is 0. The second-order valence-electron chi connectivity index (χ2n) is 4.19. The van der Waals surface area contributed by atoms with Gasteiger partial charge in [0.2, 0.25) is 5.91 Å². The van der Waals surface area contributed by atoms with E-state index in [2.05, 4.69) is 5.32 Å². The molecule has 0 aliphatic heterocycles. The van der Waals surface area contributed by atoms with Crippen LogP contribution in [0.4, 0.5) is 5.69 Å². The van der Waals surface area contributed by atoms with Crippen molar-refractivity contribution in [2.75, 3.05) is 11.6 Å². The van der Waals surface area contributed by atoms with Crippen LogP contribution >= 0.6 is 11.8 Å². The standard InChI is InChI=1S/C14H19NO2S/c1-11(16)5-3-4-6-14(17)15-12-7-9-13(18-2)10-8-12/h7-10H,3-6H2,1-2H3,(H,15,17). The van der Waals surface area contributed by atoms with E-state index >= 15 is 0 Å². The van der Waals surface area contributed by atoms with Crippen LogP contribution in [0.15, 0.2) is 29.2 Å². The zero-order valence-corrected chi connectivity index (χ0v) is 11.7. The van der Waals surface area contributed by atoms with E-state index in [1.54, 1.807) is 18.7 Å². The predicted molar refractivity (Wildman–Crippen MR) is 76.0 cm³/mol. The largest absolute Gasteiger partial charge is 0.326 e. The molecule has 0 aliphatic carbocycles. The molecule has 1 aromatic rings. The van der Waals surface area contributed by atoms with Gasteiger partial charge in [-0.05, 0) is 50.3 Å². The number of carbonyl (C=O) groups excluding carboxylic acids is 2. The molecular weight excluding hydrogens is 246 g/mol. The van der Waals surface area contributed by atoms with Gasteiger partial charge >= 0.3 is 0 Å². The average molecular weight is 265 g/mol. The number of Topliss-reactive ketones (excluding diaryl/α,β-unsaturated/α-hetero) is 1. The van der Waals surface area contributed by atoms with Gasteiger partial charge in [0.05, 0.1) is 0 Å². The molecule has 18 heavy (non-hydrogen) atoms. The minimum Gasteiger partial charge on any atom is -0.326 e. The number of hydrogen-bond acceptors (Lipinski definition) is 3. The normalized spacial score (nSPS) is 10.1. The molecule has 1 aromatic carbocycles. The molecule has 98 valence electrons. The Balaban J connectivity index is 2.28. The van der Waals surface area contributed by atoms with Crippen LogP contribution in [0.5, 0.6) is 0 Å². The SMILES string of the molecule is CSc1ccc(NC(=O)CCCCC(C)=O)cc1. The van der Waals surface area contributed by atoms with Crippen LogP contribution in [0.1, 0.15) is 32.6 Å². The topological polar surface area (TPSA) is 46.2 Å². The molecule has 3 nitrogen and oxygen atoms in total. The van der Waals surface area contributed by atoms with E-state index in [4.69, 9.17) is 0 Å². The zero-order chi connectivity index (χ0) is 13.4. The fraction of sp³-hybridized carbons (Fsp3) is 0.429. The summed E-state index contributed by atoms with van der Waals surface area (Å²) in [6, 6.07) is 7.77. The van der Waals surface area contributed by atoms with Crippen molar-refractivity contribution in [1.29, 1.82) is 0 Å². The van der Waals surface area contributed by atoms with Gasteiger partial charge in [-0.1, -0.05) is 0 Å². The molecule has 1 amide bonds. The molecule has 0 aliphatic rings. The first-order chi connectivity index (χ1) is 8.61. The van der Waals surface area contributed by atoms with Crippen molar-refractivity contribution in [2.45, 2.75) is 37.5 Å². The Labute approximate surface area is 112 Å². The summed E-state index contributed by atoms with van der Waals surface area (Å²) >= 11 is 1.67. The Morgan fingerprint density at radius 2 is 1.72 bits per heavy atom. The third-order valence-electron chi connectivity index (χ3n) is 2.56. The van der Waals surface area contributed by atoms with Gasteiger partial charge < -0.3 is 10.1 Å². The molecule has 0 heterocycles. The summed E-state index contributed by atoms with van der Waals surface area (Å²) in [5.74, 6) is 0.193. The van der Waals surface area contributed by atoms with E-state index < -0.39 is 0 Å². The minimum absolute atomic E-state index is 0.00968. The Kier molecular flexibility index (Phi) is 6.50. The fourth-order valence-electron chi connectivity index (χ4n) is 1.56. The average Bonchev–Trinajstić information content (AvgIpc) is 2.35. The maximum Gasteiger partial charge on any atom is 0.224 e. The zero-order valence-electron chi connectivity index (χ0n) is 10.9. The first kappa shape index (κ1) is 14.8. The van der Waals surface area contributed by atoms with Crippen LogP contribution in [-0.4, -0.2) is 17.9 Å². The summed E-state index contributed by atoms with van der Waals surface area (Å²) in [6.45, 7) is 1.58. The summed E-state index contributed by atoms with van der Waals surface area (Å²) in [6.07, 6.45) is 4.60. The number of rotatable bonds is 7. The van der Waals surface area contributed by atoms with Crippen molar-refractivity contribution < 1.29 is 9.59 Å². The van der Waals surface area contributed by atoms with Crippen LogP contribution < -0.4 is 5.32 Å². The third kappa shape index (κ3) is 5.87. The quantitative estimate of drug-likeness (QED) is 0.606. The number of benzene rings is 1. The summed E-state index contributed by atoms with van der Waals surface area (Å²) in [5, 5.41) is 2.85. The number of carbonyl (C=O) groups is 2. The number of ketones is 1. The van der Waals surface area contributed by atoms with Crippen LogP contribution in [0, 0.1) is 0 Å². The number of anilines is 1. The van der Waals surface area contributed by atoms with Crippen molar-refractivity contribution in [3.63, 3.8) is 0 Å². The van der Waals surface area contributed by atoms with Gasteiger partial charge in [0.15, 0.2) is 0 Å². The molecular formula is C14H19NO2S. The van der Waals surface area contributed by atoms with Gasteiger partial charge in [0.25, 0.3) is 0 Å². The summed E-state index contributed by atoms with van der Waals surface area (Å²) in [5.41, 5.74) is 0.823. The predicted octanol–water partition coefficient (Wildman–Crippen LogP) is 3.50. The molecule has 0 fully saturated rings. The molecule has 4 heteroatoms. The molecule has 0 radical (unpaired) electrons. The van der Waals surface area contributed by atoms with E-state index in [9.17, 15) is 9.59 Å². The molecule has 0 bridgehead atoms. The highest BCUT2D eigenvalue weighted by Crippen LogP contribution is 2.17. The molecule has 0 unspecified atom stereocenters. The van der Waals surface area contributed by atoms with Crippen molar-refractivity contribution in [3.05, 3.63) is 24.3 Å². The highest BCUT2D eigenvalue weighted by molar-refractivity contribution is 7.98. The Bertz CT molecular complexity index is 401. The van der Waals surface area contributed by atoms with Crippen LogP contribution in [0.3, 0.4) is 0 Å². The highest BCUT2D eigenvalue weighted by Gasteiger charge is 2.03. The van der Waals surface area contributed by atoms with Crippen molar-refractivity contribution in [3.8, 4) is 0 Å². The van der Waals surface area contributed by atoms with E-state index in [0.29, 0.717) is 12.8 Å². The number of amides is 1. The molecule has 0 atom stereocenters. The molecule has 0 aromatic heterocycles. The molecule has 1 N–H and O–H groups in total. The third-order valence-corrected chi connectivity index (χ3v) is 3.30. The van der Waals surface area contributed by atoms with Crippen LogP contribution in [-0.2, 0) is 9.59 Å². The maximum atomic E-state index is 11.6. The van der Waals surface area contributed by atoms with Crippen LogP contribution in [0.2, 0.25) is 0 Å². The molecule has 0 saturated heterocycles. The lowest BCUT2D eigenvalue weighted by Crippen LogP contribution is -2.11. The summed E-state index contributed by atoms with van der Waals surface area (Å²) in [4.78, 5) is 23.5. The van der Waals surface area contributed by atoms with Gasteiger partial charge in [-0.2, -0.15) is 0 Å². The van der Waals surface area contributed by atoms with Gasteiger partial charge in [-0.25, -0.2) is 0 Å². The second-order valence-corrected chi connectivity index (χ2v) is 5.07. The van der Waals surface area contributed by atoms with Gasteiger partial charge in [-0.15, -0.1) is 11.8 Å². The lowest BCUT2D eigenvalue weighted by Gasteiger charge is -2.05. The van der Waals surface area contributed by atoms with Crippen LogP contribution in [0.25, 0.3) is 0 Å². The van der Waals surface area contributed by atoms with E-state index in [0.717, 1.165) is 18.5 Å². The Hall–Kier alpha value is -1.29. The van der Waals surface area contributed by atoms with Gasteiger partial charge in [-0.3, -0.25) is 4.79 Å². The smallest absolute Gasteiger partial charge is 0.224 e. The van der Waals surface area contributed by atoms with Gasteiger partial charge in [0, 0.05) is 23.4 Å². The second kappa shape index (κ2) is 7.93. The lowest BCUT2D eigenvalue weighted by atomic mass is 10.1. The summed E-state index contributed by atoms with van der Waals surface area (Å²) in [7, 11) is 0.